The Morgan fingerprint density at radius 3 is 2.00 bits per heavy atom. The third-order valence-electron chi connectivity index (χ3n) is 1.86. The molecule has 0 fully saturated rings. The summed E-state index contributed by atoms with van der Waals surface area (Å²) in [5.74, 6) is 0. The summed E-state index contributed by atoms with van der Waals surface area (Å²) in [7, 11) is 0. The number of hydrogen-bond donors (Lipinski definition) is 0. The fourth-order valence-corrected chi connectivity index (χ4v) is 1.24. The molecule has 0 bridgehead atoms. The lowest BCUT2D eigenvalue weighted by atomic mass is 9.87. The molecule has 1 unspecified atom stereocenters. The van der Waals surface area contributed by atoms with Gasteiger partial charge in [-0.15, -0.1) is 0 Å². The third-order valence-corrected chi connectivity index (χ3v) is 1.86. The summed E-state index contributed by atoms with van der Waals surface area (Å²) in [6.45, 7) is 11.9. The highest BCUT2D eigenvalue weighted by Crippen LogP contribution is 2.24. The molecule has 0 aromatic heterocycles. The second-order valence-corrected chi connectivity index (χ2v) is 4.13. The molecule has 11 heavy (non-hydrogen) atoms. The van der Waals surface area contributed by atoms with E-state index in [-0.39, 0.29) is 0 Å². The quantitative estimate of drug-likeness (QED) is 0.610. The number of rotatable bonds is 4. The van der Waals surface area contributed by atoms with Crippen LogP contribution in [0.3, 0.4) is 0 Å². The molecular formula is C10H22O. The minimum absolute atomic E-state index is 0.296. The Kier molecular flexibility index (Phi) is 4.74. The molecule has 0 N–H and O–H groups in total. The maximum atomic E-state index is 5.70. The molecule has 0 aliphatic rings. The van der Waals surface area contributed by atoms with Crippen molar-refractivity contribution >= 4 is 0 Å². The molecule has 0 rings (SSSR count). The summed E-state index contributed by atoms with van der Waals surface area (Å²) in [5.41, 5.74) is 0.296. The molecule has 68 valence electrons. The Hall–Kier alpha value is -0.0400. The van der Waals surface area contributed by atoms with Crippen LogP contribution in [0.1, 0.15) is 47.5 Å². The fraction of sp³-hybridized carbons (Fsp3) is 1.00. The molecule has 0 aliphatic heterocycles. The van der Waals surface area contributed by atoms with E-state index in [4.69, 9.17) is 4.74 Å². The van der Waals surface area contributed by atoms with Crippen LogP contribution in [-0.2, 0) is 4.74 Å². The van der Waals surface area contributed by atoms with Crippen LogP contribution in [0.2, 0.25) is 0 Å². The van der Waals surface area contributed by atoms with Gasteiger partial charge in [-0.3, -0.25) is 0 Å². The van der Waals surface area contributed by atoms with Crippen molar-refractivity contribution in [1.29, 1.82) is 0 Å². The van der Waals surface area contributed by atoms with Crippen LogP contribution in [0.25, 0.3) is 0 Å². The zero-order valence-corrected chi connectivity index (χ0v) is 8.61. The highest BCUT2D eigenvalue weighted by molar-refractivity contribution is 4.72. The van der Waals surface area contributed by atoms with Gasteiger partial charge in [-0.25, -0.2) is 0 Å². The van der Waals surface area contributed by atoms with Crippen LogP contribution in [-0.4, -0.2) is 12.7 Å². The van der Waals surface area contributed by atoms with Gasteiger partial charge in [0.1, 0.15) is 0 Å². The van der Waals surface area contributed by atoms with Crippen LogP contribution in [0.15, 0.2) is 0 Å². The normalized spacial score (nSPS) is 15.0. The van der Waals surface area contributed by atoms with Gasteiger partial charge < -0.3 is 4.74 Å². The van der Waals surface area contributed by atoms with E-state index in [9.17, 15) is 0 Å². The minimum Gasteiger partial charge on any atom is -0.378 e. The van der Waals surface area contributed by atoms with Crippen molar-refractivity contribution in [3.05, 3.63) is 0 Å². The van der Waals surface area contributed by atoms with Crippen molar-refractivity contribution < 1.29 is 4.74 Å². The van der Waals surface area contributed by atoms with Gasteiger partial charge in [0.2, 0.25) is 0 Å². The predicted molar refractivity (Wildman–Crippen MR) is 49.8 cm³/mol. The Labute approximate surface area is 71.1 Å². The second-order valence-electron chi connectivity index (χ2n) is 4.13. The molecule has 0 saturated carbocycles. The van der Waals surface area contributed by atoms with Crippen molar-refractivity contribution in [2.75, 3.05) is 6.61 Å². The molecule has 0 aromatic carbocycles. The van der Waals surface area contributed by atoms with E-state index in [2.05, 4.69) is 34.6 Å². The molecule has 0 heterocycles. The van der Waals surface area contributed by atoms with E-state index in [0.717, 1.165) is 19.4 Å². The van der Waals surface area contributed by atoms with Crippen molar-refractivity contribution in [3.63, 3.8) is 0 Å². The monoisotopic (exact) mass is 158 g/mol. The number of ether oxygens (including phenoxy) is 1. The van der Waals surface area contributed by atoms with Crippen LogP contribution in [0, 0.1) is 5.41 Å². The zero-order valence-electron chi connectivity index (χ0n) is 8.61. The standard InChI is InChI=1S/C10H22O/c1-6-8-11-9(7-2)10(3,4)5/h9H,6-8H2,1-5H3. The molecule has 0 aromatic rings. The van der Waals surface area contributed by atoms with Crippen LogP contribution in [0.5, 0.6) is 0 Å². The van der Waals surface area contributed by atoms with Gasteiger partial charge in [0.05, 0.1) is 6.10 Å². The van der Waals surface area contributed by atoms with Gasteiger partial charge in [-0.2, -0.15) is 0 Å². The molecule has 1 heteroatoms. The molecule has 0 amide bonds. The lowest BCUT2D eigenvalue weighted by Crippen LogP contribution is -2.28. The van der Waals surface area contributed by atoms with Crippen LogP contribution in [0.4, 0.5) is 0 Å². The average Bonchev–Trinajstić information content (AvgIpc) is 1.87. The smallest absolute Gasteiger partial charge is 0.0620 e. The highest BCUT2D eigenvalue weighted by atomic mass is 16.5. The Morgan fingerprint density at radius 1 is 1.18 bits per heavy atom. The summed E-state index contributed by atoms with van der Waals surface area (Å²) in [5, 5.41) is 0. The summed E-state index contributed by atoms with van der Waals surface area (Å²) >= 11 is 0. The zero-order chi connectivity index (χ0) is 8.91. The van der Waals surface area contributed by atoms with Gasteiger partial charge >= 0.3 is 0 Å². The maximum absolute atomic E-state index is 5.70. The SMILES string of the molecule is CCCOC(CC)C(C)(C)C. The van der Waals surface area contributed by atoms with Crippen molar-refractivity contribution in [3.8, 4) is 0 Å². The first-order chi connectivity index (χ1) is 5.02. The maximum Gasteiger partial charge on any atom is 0.0620 e. The van der Waals surface area contributed by atoms with E-state index in [1.807, 2.05) is 0 Å². The predicted octanol–water partition coefficient (Wildman–Crippen LogP) is 3.24. The molecule has 0 radical (unpaired) electrons. The molecule has 1 nitrogen and oxygen atoms in total. The van der Waals surface area contributed by atoms with Gasteiger partial charge in [0.15, 0.2) is 0 Å². The summed E-state index contributed by atoms with van der Waals surface area (Å²) in [6, 6.07) is 0. The van der Waals surface area contributed by atoms with Crippen molar-refractivity contribution in [2.45, 2.75) is 53.6 Å². The summed E-state index contributed by atoms with van der Waals surface area (Å²) < 4.78 is 5.70. The first kappa shape index (κ1) is 11.0. The minimum atomic E-state index is 0.296. The Bertz CT molecular complexity index is 91.5. The van der Waals surface area contributed by atoms with Gasteiger partial charge in [0, 0.05) is 6.61 Å². The lowest BCUT2D eigenvalue weighted by Gasteiger charge is -2.29. The largest absolute Gasteiger partial charge is 0.378 e. The number of hydrogen-bond acceptors (Lipinski definition) is 1. The summed E-state index contributed by atoms with van der Waals surface area (Å²) in [4.78, 5) is 0. The summed E-state index contributed by atoms with van der Waals surface area (Å²) in [6.07, 6.45) is 2.65. The second kappa shape index (κ2) is 4.76. The van der Waals surface area contributed by atoms with Crippen LogP contribution < -0.4 is 0 Å². The molecule has 0 aliphatic carbocycles. The Morgan fingerprint density at radius 2 is 1.73 bits per heavy atom. The van der Waals surface area contributed by atoms with Gasteiger partial charge in [-0.1, -0.05) is 34.6 Å². The topological polar surface area (TPSA) is 9.23 Å². The molecule has 0 spiro atoms. The van der Waals surface area contributed by atoms with Crippen LogP contribution >= 0.6 is 0 Å². The van der Waals surface area contributed by atoms with E-state index in [1.54, 1.807) is 0 Å². The van der Waals surface area contributed by atoms with E-state index in [0.29, 0.717) is 11.5 Å². The molecule has 0 saturated heterocycles. The van der Waals surface area contributed by atoms with Gasteiger partial charge in [-0.05, 0) is 18.3 Å². The van der Waals surface area contributed by atoms with E-state index >= 15 is 0 Å². The van der Waals surface area contributed by atoms with Crippen molar-refractivity contribution in [2.24, 2.45) is 5.41 Å². The fourth-order valence-electron chi connectivity index (χ4n) is 1.24. The molecular weight excluding hydrogens is 136 g/mol. The van der Waals surface area contributed by atoms with Gasteiger partial charge in [0.25, 0.3) is 0 Å². The lowest BCUT2D eigenvalue weighted by molar-refractivity contribution is -0.0193. The van der Waals surface area contributed by atoms with Crippen molar-refractivity contribution in [1.82, 2.24) is 0 Å². The average molecular weight is 158 g/mol. The first-order valence-corrected chi connectivity index (χ1v) is 4.64. The highest BCUT2D eigenvalue weighted by Gasteiger charge is 2.22. The van der Waals surface area contributed by atoms with E-state index in [1.165, 1.54) is 0 Å². The first-order valence-electron chi connectivity index (χ1n) is 4.64. The third kappa shape index (κ3) is 4.41. The van der Waals surface area contributed by atoms with E-state index < -0.39 is 0 Å². The Balaban J connectivity index is 3.76. The molecule has 1 atom stereocenters.